The van der Waals surface area contributed by atoms with Crippen molar-refractivity contribution in [3.05, 3.63) is 47.4 Å². The lowest BCUT2D eigenvalue weighted by Crippen LogP contribution is -2.44. The number of alkyl halides is 2. The maximum absolute atomic E-state index is 14.8. The van der Waals surface area contributed by atoms with Crippen molar-refractivity contribution in [1.29, 1.82) is 0 Å². The van der Waals surface area contributed by atoms with Gasteiger partial charge in [-0.25, -0.2) is 4.98 Å². The Bertz CT molecular complexity index is 1190. The highest BCUT2D eigenvalue weighted by atomic mass is 35.5. The SMILES string of the molecule is Cc1n[nH]c(C)c1-c1ccc(NC(=O)[C@H](CCCC(Cl)Cl)NC(=O)c2ccnn2[C@@H](C)CO)nc1F. The second kappa shape index (κ2) is 12.3. The summed E-state index contributed by atoms with van der Waals surface area (Å²) >= 11 is 11.6. The van der Waals surface area contributed by atoms with Gasteiger partial charge in [-0.05, 0) is 58.2 Å². The molecule has 13 heteroatoms. The van der Waals surface area contributed by atoms with Gasteiger partial charge in [0.05, 0.1) is 18.3 Å². The van der Waals surface area contributed by atoms with Gasteiger partial charge in [0.1, 0.15) is 22.4 Å². The largest absolute Gasteiger partial charge is 0.394 e. The monoisotopic (exact) mass is 539 g/mol. The van der Waals surface area contributed by atoms with Crippen LogP contribution < -0.4 is 10.6 Å². The molecule has 0 saturated carbocycles. The van der Waals surface area contributed by atoms with Gasteiger partial charge in [0.2, 0.25) is 11.9 Å². The van der Waals surface area contributed by atoms with Crippen molar-refractivity contribution in [2.24, 2.45) is 0 Å². The molecule has 3 heterocycles. The number of carbonyl (C=O) groups excluding carboxylic acids is 2. The molecule has 3 rings (SSSR count). The van der Waals surface area contributed by atoms with Crippen molar-refractivity contribution < 1.29 is 19.1 Å². The number of aliphatic hydroxyl groups is 1. The number of hydrogen-bond acceptors (Lipinski definition) is 6. The first-order valence-corrected chi connectivity index (χ1v) is 12.2. The fourth-order valence-electron chi connectivity index (χ4n) is 3.75. The second-order valence-corrected chi connectivity index (χ2v) is 9.65. The Kier molecular flexibility index (Phi) is 9.41. The van der Waals surface area contributed by atoms with Crippen LogP contribution >= 0.6 is 23.2 Å². The first kappa shape index (κ1) is 27.6. The number of H-pyrrole nitrogens is 1. The molecule has 194 valence electrons. The highest BCUT2D eigenvalue weighted by Gasteiger charge is 2.25. The van der Waals surface area contributed by atoms with Crippen molar-refractivity contribution in [2.45, 2.75) is 57.0 Å². The Morgan fingerprint density at radius 1 is 1.22 bits per heavy atom. The zero-order valence-corrected chi connectivity index (χ0v) is 21.6. The minimum absolute atomic E-state index is 0.00851. The van der Waals surface area contributed by atoms with Crippen LogP contribution in [0.2, 0.25) is 0 Å². The quantitative estimate of drug-likeness (QED) is 0.216. The number of halogens is 3. The first-order valence-electron chi connectivity index (χ1n) is 11.3. The lowest BCUT2D eigenvalue weighted by atomic mass is 10.1. The van der Waals surface area contributed by atoms with E-state index in [0.717, 1.165) is 0 Å². The topological polar surface area (TPSA) is 138 Å². The standard InChI is InChI=1S/C23H28Cl2FN7O3/c1-12(11-34)33-17(9-10-27-33)23(36)28-16(5-4-6-18(24)25)22(35)30-19-8-7-15(21(26)29-19)20-13(2)31-32-14(20)3/h7-10,12,16,18,34H,4-6,11H2,1-3H3,(H,28,36)(H,31,32)(H,29,30,35)/t12-,16-/m0/s1. The Morgan fingerprint density at radius 2 is 1.97 bits per heavy atom. The minimum Gasteiger partial charge on any atom is -0.394 e. The first-order chi connectivity index (χ1) is 17.1. The molecule has 0 bridgehead atoms. The number of nitrogens with zero attached hydrogens (tertiary/aromatic N) is 4. The third-order valence-electron chi connectivity index (χ3n) is 5.62. The number of aryl methyl sites for hydroxylation is 2. The molecular weight excluding hydrogens is 512 g/mol. The van der Waals surface area contributed by atoms with Crippen LogP contribution in [0.5, 0.6) is 0 Å². The molecule has 10 nitrogen and oxygen atoms in total. The van der Waals surface area contributed by atoms with Crippen LogP contribution in [0.4, 0.5) is 10.2 Å². The third kappa shape index (κ3) is 6.59. The Hall–Kier alpha value is -3.02. The average Bonchev–Trinajstić information content (AvgIpc) is 3.45. The molecule has 0 aliphatic carbocycles. The summed E-state index contributed by atoms with van der Waals surface area (Å²) in [6, 6.07) is 3.05. The molecule has 2 atom stereocenters. The predicted octanol–water partition coefficient (Wildman–Crippen LogP) is 3.69. The summed E-state index contributed by atoms with van der Waals surface area (Å²) in [5, 5.41) is 25.6. The van der Waals surface area contributed by atoms with Gasteiger partial charge in [-0.1, -0.05) is 0 Å². The fraction of sp³-hybridized carbons (Fsp3) is 0.435. The number of aliphatic hydroxyl groups excluding tert-OH is 1. The van der Waals surface area contributed by atoms with E-state index in [0.29, 0.717) is 29.8 Å². The predicted molar refractivity (Wildman–Crippen MR) is 135 cm³/mol. The summed E-state index contributed by atoms with van der Waals surface area (Å²) in [5.41, 5.74) is 2.36. The van der Waals surface area contributed by atoms with Crippen LogP contribution in [0.25, 0.3) is 11.1 Å². The number of pyridine rings is 1. The van der Waals surface area contributed by atoms with E-state index in [2.05, 4.69) is 30.9 Å². The zero-order chi connectivity index (χ0) is 26.4. The molecule has 0 saturated heterocycles. The average molecular weight is 540 g/mol. The van der Waals surface area contributed by atoms with Gasteiger partial charge in [0, 0.05) is 23.0 Å². The Morgan fingerprint density at radius 3 is 2.58 bits per heavy atom. The molecule has 0 aliphatic heterocycles. The summed E-state index contributed by atoms with van der Waals surface area (Å²) in [5.74, 6) is -1.91. The zero-order valence-electron chi connectivity index (χ0n) is 20.1. The van der Waals surface area contributed by atoms with Crippen LogP contribution in [0, 0.1) is 19.8 Å². The summed E-state index contributed by atoms with van der Waals surface area (Å²) < 4.78 is 16.2. The second-order valence-electron chi connectivity index (χ2n) is 8.37. The fourth-order valence-corrected chi connectivity index (χ4v) is 4.06. The van der Waals surface area contributed by atoms with Crippen LogP contribution in [0.3, 0.4) is 0 Å². The van der Waals surface area contributed by atoms with Gasteiger partial charge in [-0.2, -0.15) is 14.6 Å². The van der Waals surface area contributed by atoms with Crippen molar-refractivity contribution in [1.82, 2.24) is 30.3 Å². The van der Waals surface area contributed by atoms with Gasteiger partial charge in [0.15, 0.2) is 0 Å². The molecule has 0 spiro atoms. The third-order valence-corrected chi connectivity index (χ3v) is 6.06. The van der Waals surface area contributed by atoms with Gasteiger partial charge in [-0.3, -0.25) is 19.4 Å². The highest BCUT2D eigenvalue weighted by molar-refractivity contribution is 6.44. The van der Waals surface area contributed by atoms with Crippen molar-refractivity contribution >= 4 is 40.8 Å². The number of aromatic amines is 1. The number of amides is 2. The maximum Gasteiger partial charge on any atom is 0.270 e. The molecular formula is C23H28Cl2FN7O3. The van der Waals surface area contributed by atoms with E-state index in [1.807, 2.05) is 0 Å². The van der Waals surface area contributed by atoms with Gasteiger partial charge in [0.25, 0.3) is 5.91 Å². The van der Waals surface area contributed by atoms with E-state index in [1.165, 1.54) is 29.1 Å². The molecule has 3 aromatic heterocycles. The van der Waals surface area contributed by atoms with E-state index in [4.69, 9.17) is 23.2 Å². The smallest absolute Gasteiger partial charge is 0.270 e. The van der Waals surface area contributed by atoms with E-state index < -0.39 is 34.7 Å². The van der Waals surface area contributed by atoms with Gasteiger partial charge < -0.3 is 15.7 Å². The van der Waals surface area contributed by atoms with Crippen molar-refractivity contribution in [3.63, 3.8) is 0 Å². The number of hydrogen-bond donors (Lipinski definition) is 4. The number of anilines is 1. The van der Waals surface area contributed by atoms with Crippen LogP contribution in [-0.2, 0) is 4.79 Å². The number of nitrogens with one attached hydrogen (secondary N) is 3. The van der Waals surface area contributed by atoms with E-state index >= 15 is 0 Å². The lowest BCUT2D eigenvalue weighted by molar-refractivity contribution is -0.118. The number of carbonyl (C=O) groups is 2. The summed E-state index contributed by atoms with van der Waals surface area (Å²) in [4.78, 5) is 29.3. The summed E-state index contributed by atoms with van der Waals surface area (Å²) in [6.07, 6.45) is 2.51. The number of rotatable bonds is 11. The number of aromatic nitrogens is 5. The molecule has 0 unspecified atom stereocenters. The molecule has 0 aromatic carbocycles. The molecule has 2 amide bonds. The van der Waals surface area contributed by atoms with Gasteiger partial charge >= 0.3 is 0 Å². The minimum atomic E-state index is -0.986. The molecule has 3 aromatic rings. The lowest BCUT2D eigenvalue weighted by Gasteiger charge is -2.20. The van der Waals surface area contributed by atoms with E-state index in [1.54, 1.807) is 20.8 Å². The molecule has 0 aliphatic rings. The maximum atomic E-state index is 14.8. The highest BCUT2D eigenvalue weighted by Crippen LogP contribution is 2.28. The Labute approximate surface area is 217 Å². The van der Waals surface area contributed by atoms with E-state index in [9.17, 15) is 19.1 Å². The van der Waals surface area contributed by atoms with E-state index in [-0.39, 0.29) is 30.1 Å². The van der Waals surface area contributed by atoms with Gasteiger partial charge in [-0.15, -0.1) is 23.2 Å². The van der Waals surface area contributed by atoms with Crippen molar-refractivity contribution in [3.8, 4) is 11.1 Å². The van der Waals surface area contributed by atoms with Crippen LogP contribution in [0.15, 0.2) is 24.4 Å². The van der Waals surface area contributed by atoms with Crippen molar-refractivity contribution in [2.75, 3.05) is 11.9 Å². The Balaban J connectivity index is 1.78. The van der Waals surface area contributed by atoms with Crippen LogP contribution in [-0.4, -0.2) is 59.4 Å². The summed E-state index contributed by atoms with van der Waals surface area (Å²) in [7, 11) is 0. The molecule has 36 heavy (non-hydrogen) atoms. The molecule has 0 fully saturated rings. The summed E-state index contributed by atoms with van der Waals surface area (Å²) in [6.45, 7) is 5.01. The molecule has 4 N–H and O–H groups in total. The normalized spacial score (nSPS) is 13.0. The molecule has 0 radical (unpaired) electrons. The van der Waals surface area contributed by atoms with Crippen LogP contribution in [0.1, 0.15) is 54.1 Å².